The summed E-state index contributed by atoms with van der Waals surface area (Å²) in [5.74, 6) is 0.334. The molecule has 0 unspecified atom stereocenters. The van der Waals surface area contributed by atoms with Crippen LogP contribution in [0.2, 0.25) is 0 Å². The van der Waals surface area contributed by atoms with Crippen molar-refractivity contribution in [1.82, 2.24) is 20.3 Å². The van der Waals surface area contributed by atoms with Crippen LogP contribution in [0.3, 0.4) is 0 Å². The molecule has 4 aromatic rings. The number of aromatic nitrogens is 3. The molecule has 28 heavy (non-hydrogen) atoms. The first-order valence-electron chi connectivity index (χ1n) is 8.52. The number of nitrogens with zero attached hydrogens (tertiary/aromatic N) is 2. The zero-order valence-electron chi connectivity index (χ0n) is 14.6. The molecular weight excluding hydrogens is 381 g/mol. The number of H-pyrrole nitrogens is 1. The van der Waals surface area contributed by atoms with E-state index in [4.69, 9.17) is 4.74 Å². The van der Waals surface area contributed by atoms with E-state index in [9.17, 15) is 9.18 Å². The monoisotopic (exact) mass is 397 g/mol. The van der Waals surface area contributed by atoms with Gasteiger partial charge in [-0.2, -0.15) is 0 Å². The number of ether oxygens (including phenoxy) is 1. The molecular formula is C19H16FN5O2S. The number of benzene rings is 1. The van der Waals surface area contributed by atoms with Crippen LogP contribution in [-0.2, 0) is 6.42 Å². The van der Waals surface area contributed by atoms with Crippen LogP contribution in [-0.4, -0.2) is 27.6 Å². The fourth-order valence-electron chi connectivity index (χ4n) is 2.65. The van der Waals surface area contributed by atoms with Crippen molar-refractivity contribution >= 4 is 40.0 Å². The van der Waals surface area contributed by atoms with Crippen molar-refractivity contribution in [2.75, 3.05) is 11.9 Å². The van der Waals surface area contributed by atoms with E-state index in [-0.39, 0.29) is 5.82 Å². The number of anilines is 2. The van der Waals surface area contributed by atoms with Crippen LogP contribution in [0.25, 0.3) is 11.0 Å². The topological polar surface area (TPSA) is 91.9 Å². The van der Waals surface area contributed by atoms with Gasteiger partial charge in [0, 0.05) is 12.7 Å². The smallest absolute Gasteiger partial charge is 0.397 e. The molecule has 0 fully saturated rings. The van der Waals surface area contributed by atoms with Gasteiger partial charge in [0.05, 0.1) is 11.1 Å². The highest BCUT2D eigenvalue weighted by molar-refractivity contribution is 7.12. The Morgan fingerprint density at radius 2 is 2.04 bits per heavy atom. The molecule has 0 atom stereocenters. The highest BCUT2D eigenvalue weighted by Crippen LogP contribution is 2.34. The van der Waals surface area contributed by atoms with Crippen LogP contribution in [0.5, 0.6) is 5.06 Å². The molecule has 0 saturated carbocycles. The molecule has 142 valence electrons. The molecule has 0 aliphatic heterocycles. The van der Waals surface area contributed by atoms with E-state index in [0.717, 1.165) is 10.9 Å². The standard InChI is InChI=1S/C19H16FN5O2S/c20-13-3-1-12(2-4-13)5-8-22-19(26)27-18-15(7-10-28-18)25-17-14-6-9-21-16(14)23-11-24-17/h1-4,6-7,9-11H,5,8H2,(H,22,26)(H2,21,23,24,25). The van der Waals surface area contributed by atoms with Crippen LogP contribution in [0.15, 0.2) is 54.3 Å². The van der Waals surface area contributed by atoms with Gasteiger partial charge in [-0.1, -0.05) is 12.1 Å². The molecule has 9 heteroatoms. The quantitative estimate of drug-likeness (QED) is 0.453. The van der Waals surface area contributed by atoms with E-state index in [2.05, 4.69) is 25.6 Å². The molecule has 7 nitrogen and oxygen atoms in total. The summed E-state index contributed by atoms with van der Waals surface area (Å²) in [6.45, 7) is 0.383. The molecule has 0 saturated heterocycles. The minimum absolute atomic E-state index is 0.283. The molecule has 4 rings (SSSR count). The Balaban J connectivity index is 1.35. The average molecular weight is 397 g/mol. The Labute approximate surface area is 163 Å². The Morgan fingerprint density at radius 1 is 1.18 bits per heavy atom. The third-order valence-electron chi connectivity index (χ3n) is 4.02. The van der Waals surface area contributed by atoms with Gasteiger partial charge >= 0.3 is 6.09 Å². The summed E-state index contributed by atoms with van der Waals surface area (Å²) in [4.78, 5) is 23.5. The van der Waals surface area contributed by atoms with Crippen LogP contribution in [0, 0.1) is 5.82 Å². The number of hydrogen-bond acceptors (Lipinski definition) is 6. The number of nitrogens with one attached hydrogen (secondary N) is 3. The summed E-state index contributed by atoms with van der Waals surface area (Å²) in [5.41, 5.74) is 2.29. The van der Waals surface area contributed by atoms with Crippen molar-refractivity contribution in [2.45, 2.75) is 6.42 Å². The maximum Gasteiger partial charge on any atom is 0.413 e. The second-order valence-corrected chi connectivity index (χ2v) is 6.78. The Bertz CT molecular complexity index is 1090. The Hall–Kier alpha value is -3.46. The van der Waals surface area contributed by atoms with Crippen molar-refractivity contribution in [1.29, 1.82) is 0 Å². The van der Waals surface area contributed by atoms with Gasteiger partial charge in [-0.05, 0) is 41.6 Å². The largest absolute Gasteiger partial charge is 0.413 e. The van der Waals surface area contributed by atoms with E-state index < -0.39 is 6.09 Å². The van der Waals surface area contributed by atoms with Gasteiger partial charge < -0.3 is 20.4 Å². The molecule has 0 aliphatic rings. The van der Waals surface area contributed by atoms with E-state index in [1.807, 2.05) is 17.5 Å². The average Bonchev–Trinajstić information content (AvgIpc) is 3.33. The lowest BCUT2D eigenvalue weighted by molar-refractivity contribution is 0.202. The zero-order chi connectivity index (χ0) is 19.3. The van der Waals surface area contributed by atoms with Crippen molar-refractivity contribution < 1.29 is 13.9 Å². The molecule has 3 N–H and O–H groups in total. The summed E-state index contributed by atoms with van der Waals surface area (Å²) in [5, 5.41) is 8.95. The van der Waals surface area contributed by atoms with Crippen LogP contribution in [0.1, 0.15) is 5.56 Å². The normalized spacial score (nSPS) is 10.8. The molecule has 0 spiro atoms. The van der Waals surface area contributed by atoms with Gasteiger partial charge in [-0.25, -0.2) is 19.2 Å². The summed E-state index contributed by atoms with van der Waals surface area (Å²) in [6.07, 6.45) is 3.26. The minimum Gasteiger partial charge on any atom is -0.397 e. The first-order valence-corrected chi connectivity index (χ1v) is 9.40. The van der Waals surface area contributed by atoms with Gasteiger partial charge in [0.1, 0.15) is 23.6 Å². The van der Waals surface area contributed by atoms with Crippen molar-refractivity contribution in [3.63, 3.8) is 0 Å². The number of carbonyl (C=O) groups excluding carboxylic acids is 1. The second-order valence-electron chi connectivity index (χ2n) is 5.90. The van der Waals surface area contributed by atoms with Crippen molar-refractivity contribution in [3.8, 4) is 5.06 Å². The van der Waals surface area contributed by atoms with Gasteiger partial charge in [0.2, 0.25) is 5.06 Å². The maximum absolute atomic E-state index is 12.9. The van der Waals surface area contributed by atoms with Gasteiger partial charge in [0.15, 0.2) is 0 Å². The summed E-state index contributed by atoms with van der Waals surface area (Å²) < 4.78 is 18.3. The van der Waals surface area contributed by atoms with E-state index in [1.165, 1.54) is 29.8 Å². The first-order chi connectivity index (χ1) is 13.7. The number of aromatic amines is 1. The van der Waals surface area contributed by atoms with Crippen molar-refractivity contribution in [3.05, 3.63) is 65.7 Å². The SMILES string of the molecule is O=C(NCCc1ccc(F)cc1)Oc1sccc1Nc1ncnc2[nH]ccc12. The molecule has 1 amide bonds. The predicted molar refractivity (Wildman–Crippen MR) is 106 cm³/mol. The third kappa shape index (κ3) is 4.09. The number of hydrogen-bond donors (Lipinski definition) is 3. The number of fused-ring (bicyclic) bond motifs is 1. The highest BCUT2D eigenvalue weighted by Gasteiger charge is 2.13. The number of rotatable bonds is 6. The third-order valence-corrected chi connectivity index (χ3v) is 4.81. The van der Waals surface area contributed by atoms with Crippen LogP contribution in [0.4, 0.5) is 20.7 Å². The Kier molecular flexibility index (Phi) is 5.16. The maximum atomic E-state index is 12.9. The predicted octanol–water partition coefficient (Wildman–Crippen LogP) is 4.23. The molecule has 0 radical (unpaired) electrons. The van der Waals surface area contributed by atoms with Crippen LogP contribution >= 0.6 is 11.3 Å². The summed E-state index contributed by atoms with van der Waals surface area (Å²) >= 11 is 1.30. The van der Waals surface area contributed by atoms with E-state index in [1.54, 1.807) is 18.3 Å². The van der Waals surface area contributed by atoms with Crippen molar-refractivity contribution in [2.24, 2.45) is 0 Å². The lowest BCUT2D eigenvalue weighted by Gasteiger charge is -2.09. The Morgan fingerprint density at radius 3 is 2.89 bits per heavy atom. The lowest BCUT2D eigenvalue weighted by Crippen LogP contribution is -2.28. The summed E-state index contributed by atoms with van der Waals surface area (Å²) in [6, 6.07) is 9.84. The number of carbonyl (C=O) groups is 1. The minimum atomic E-state index is -0.554. The lowest BCUT2D eigenvalue weighted by atomic mass is 10.1. The molecule has 1 aromatic carbocycles. The first kappa shape index (κ1) is 17.9. The van der Waals surface area contributed by atoms with Gasteiger partial charge in [-0.15, -0.1) is 11.3 Å². The van der Waals surface area contributed by atoms with Gasteiger partial charge in [-0.3, -0.25) is 0 Å². The number of thiophene rings is 1. The molecule has 0 aliphatic carbocycles. The fourth-order valence-corrected chi connectivity index (χ4v) is 3.34. The summed E-state index contributed by atoms with van der Waals surface area (Å²) in [7, 11) is 0. The van der Waals surface area contributed by atoms with E-state index in [0.29, 0.717) is 35.2 Å². The van der Waals surface area contributed by atoms with Gasteiger partial charge in [0.25, 0.3) is 0 Å². The number of amides is 1. The second kappa shape index (κ2) is 8.05. The highest BCUT2D eigenvalue weighted by atomic mass is 32.1. The zero-order valence-corrected chi connectivity index (χ0v) is 15.4. The molecule has 3 aromatic heterocycles. The molecule has 3 heterocycles. The van der Waals surface area contributed by atoms with Crippen LogP contribution < -0.4 is 15.4 Å². The molecule has 0 bridgehead atoms. The number of halogens is 1. The van der Waals surface area contributed by atoms with E-state index >= 15 is 0 Å². The fraction of sp³-hybridized carbons (Fsp3) is 0.105.